The topological polar surface area (TPSA) is 143 Å². The molecule has 1 atom stereocenters. The van der Waals surface area contributed by atoms with Crippen LogP contribution >= 0.6 is 11.3 Å². The minimum Gasteiger partial charge on any atom is -0.465 e. The van der Waals surface area contributed by atoms with Crippen molar-refractivity contribution in [3.63, 3.8) is 0 Å². The zero-order chi connectivity index (χ0) is 30.1. The van der Waals surface area contributed by atoms with Crippen molar-refractivity contribution in [1.29, 1.82) is 0 Å². The van der Waals surface area contributed by atoms with Crippen molar-refractivity contribution >= 4 is 35.0 Å². The average molecular weight is 588 g/mol. The Hall–Kier alpha value is -5.10. The standard InChI is InChI=1S/C30H25N3O8S/c1-5-40-29(36)25-17(3)31-30-32(26(25)19-10-9-16(2)22(14-19)33(37)38)27(34)24(42-30)15-21-11-12-23(41-21)18-7-6-8-20(13-18)28(35)39-4/h6-15,26H,5H2,1-4H3/b24-15+/t26-/m0/s1. The molecule has 1 aliphatic rings. The first kappa shape index (κ1) is 28.4. The number of allylic oxidation sites excluding steroid dienone is 1. The van der Waals surface area contributed by atoms with Crippen LogP contribution in [0.1, 0.15) is 47.1 Å². The number of rotatable bonds is 7. The van der Waals surface area contributed by atoms with E-state index < -0.39 is 28.5 Å². The van der Waals surface area contributed by atoms with Gasteiger partial charge < -0.3 is 13.9 Å². The maximum atomic E-state index is 13.8. The maximum absolute atomic E-state index is 13.8. The van der Waals surface area contributed by atoms with Crippen molar-refractivity contribution in [2.45, 2.75) is 26.8 Å². The molecule has 12 heteroatoms. The van der Waals surface area contributed by atoms with Gasteiger partial charge in [0.05, 0.1) is 46.0 Å². The van der Waals surface area contributed by atoms with E-state index in [0.29, 0.717) is 44.3 Å². The quantitative estimate of drug-likeness (QED) is 0.179. The van der Waals surface area contributed by atoms with Gasteiger partial charge in [-0.2, -0.15) is 0 Å². The first-order valence-electron chi connectivity index (χ1n) is 12.9. The Morgan fingerprint density at radius 2 is 1.93 bits per heavy atom. The molecule has 2 aromatic heterocycles. The molecule has 0 radical (unpaired) electrons. The van der Waals surface area contributed by atoms with E-state index in [0.717, 1.165) is 11.3 Å². The van der Waals surface area contributed by atoms with E-state index in [1.165, 1.54) is 17.7 Å². The van der Waals surface area contributed by atoms with Crippen LogP contribution in [-0.4, -0.2) is 35.1 Å². The van der Waals surface area contributed by atoms with Crippen molar-refractivity contribution in [2.24, 2.45) is 4.99 Å². The van der Waals surface area contributed by atoms with E-state index in [2.05, 4.69) is 4.99 Å². The first-order valence-corrected chi connectivity index (χ1v) is 13.7. The van der Waals surface area contributed by atoms with Gasteiger partial charge >= 0.3 is 11.9 Å². The smallest absolute Gasteiger partial charge is 0.338 e. The molecule has 11 nitrogen and oxygen atoms in total. The normalized spacial score (nSPS) is 14.8. The van der Waals surface area contributed by atoms with Gasteiger partial charge in [0.1, 0.15) is 11.5 Å². The van der Waals surface area contributed by atoms with Crippen LogP contribution in [0, 0.1) is 17.0 Å². The highest BCUT2D eigenvalue weighted by molar-refractivity contribution is 7.07. The Morgan fingerprint density at radius 3 is 2.64 bits per heavy atom. The molecule has 5 rings (SSSR count). The minimum absolute atomic E-state index is 0.101. The van der Waals surface area contributed by atoms with E-state index in [9.17, 15) is 24.5 Å². The minimum atomic E-state index is -0.991. The number of benzene rings is 2. The van der Waals surface area contributed by atoms with Gasteiger partial charge in [-0.15, -0.1) is 0 Å². The van der Waals surface area contributed by atoms with Gasteiger partial charge in [-0.05, 0) is 50.6 Å². The van der Waals surface area contributed by atoms with E-state index in [4.69, 9.17) is 13.9 Å². The molecular weight excluding hydrogens is 562 g/mol. The molecule has 0 unspecified atom stereocenters. The summed E-state index contributed by atoms with van der Waals surface area (Å²) in [5, 5.41) is 11.7. The fourth-order valence-corrected chi connectivity index (χ4v) is 5.76. The summed E-state index contributed by atoms with van der Waals surface area (Å²) in [6.45, 7) is 5.02. The lowest BCUT2D eigenvalue weighted by Crippen LogP contribution is -2.40. The summed E-state index contributed by atoms with van der Waals surface area (Å²) in [6.07, 6.45) is 1.57. The number of methoxy groups -OCH3 is 1. The van der Waals surface area contributed by atoms with Crippen LogP contribution in [0.5, 0.6) is 0 Å². The van der Waals surface area contributed by atoms with Gasteiger partial charge in [-0.25, -0.2) is 14.6 Å². The summed E-state index contributed by atoms with van der Waals surface area (Å²) in [7, 11) is 1.30. The molecule has 1 aliphatic heterocycles. The molecule has 3 heterocycles. The predicted octanol–water partition coefficient (Wildman–Crippen LogP) is 4.06. The lowest BCUT2D eigenvalue weighted by atomic mass is 9.94. The van der Waals surface area contributed by atoms with Crippen molar-refractivity contribution in [3.05, 3.63) is 118 Å². The van der Waals surface area contributed by atoms with Gasteiger partial charge in [0, 0.05) is 23.3 Å². The van der Waals surface area contributed by atoms with Gasteiger partial charge in [0.2, 0.25) is 0 Å². The molecular formula is C30H25N3O8S. The second-order valence-corrected chi connectivity index (χ2v) is 10.4. The molecule has 2 aromatic carbocycles. The first-order chi connectivity index (χ1) is 20.1. The number of ether oxygens (including phenoxy) is 2. The fourth-order valence-electron chi connectivity index (χ4n) is 4.73. The van der Waals surface area contributed by atoms with Crippen LogP contribution in [0.2, 0.25) is 0 Å². The van der Waals surface area contributed by atoms with Crippen LogP contribution in [0.3, 0.4) is 0 Å². The Kier molecular flexibility index (Phi) is 7.72. The maximum Gasteiger partial charge on any atom is 0.338 e. The van der Waals surface area contributed by atoms with Crippen LogP contribution in [-0.2, 0) is 14.3 Å². The fraction of sp³-hybridized carbons (Fsp3) is 0.200. The number of furan rings is 1. The highest BCUT2D eigenvalue weighted by Crippen LogP contribution is 2.33. The zero-order valence-corrected chi connectivity index (χ0v) is 23.9. The third kappa shape index (κ3) is 5.19. The number of aromatic nitrogens is 1. The van der Waals surface area contributed by atoms with E-state index >= 15 is 0 Å². The number of aryl methyl sites for hydroxylation is 1. The van der Waals surface area contributed by atoms with Gasteiger partial charge in [-0.3, -0.25) is 19.5 Å². The molecule has 0 saturated carbocycles. The monoisotopic (exact) mass is 587 g/mol. The number of nitro benzene ring substituents is 1. The van der Waals surface area contributed by atoms with Crippen molar-refractivity contribution in [2.75, 3.05) is 13.7 Å². The van der Waals surface area contributed by atoms with Crippen LogP contribution in [0.25, 0.3) is 17.4 Å². The molecule has 0 amide bonds. The molecule has 0 saturated heterocycles. The Labute approximate surface area is 242 Å². The average Bonchev–Trinajstić information content (AvgIpc) is 3.56. The Bertz CT molecular complexity index is 1960. The van der Waals surface area contributed by atoms with Gasteiger partial charge in [0.25, 0.3) is 11.2 Å². The molecule has 0 fully saturated rings. The zero-order valence-electron chi connectivity index (χ0n) is 23.1. The number of nitro groups is 1. The van der Waals surface area contributed by atoms with Crippen LogP contribution in [0.4, 0.5) is 5.69 Å². The SMILES string of the molecule is CCOC(=O)C1=C(C)N=c2s/c(=C/c3ccc(-c4cccc(C(=O)OC)c4)o3)c(=O)n2[C@H]1c1ccc(C)c([N+](=O)[O-])c1. The molecule has 214 valence electrons. The van der Waals surface area contributed by atoms with Gasteiger partial charge in [0.15, 0.2) is 4.80 Å². The van der Waals surface area contributed by atoms with E-state index in [1.54, 1.807) is 75.4 Å². The number of nitrogens with zero attached hydrogens (tertiary/aromatic N) is 3. The molecule has 0 spiro atoms. The van der Waals surface area contributed by atoms with E-state index in [1.807, 2.05) is 0 Å². The number of esters is 2. The molecule has 4 aromatic rings. The number of hydrogen-bond acceptors (Lipinski definition) is 10. The summed E-state index contributed by atoms with van der Waals surface area (Å²) in [6, 6.07) is 13.8. The summed E-state index contributed by atoms with van der Waals surface area (Å²) >= 11 is 1.10. The summed E-state index contributed by atoms with van der Waals surface area (Å²) in [5.74, 6) is -0.283. The van der Waals surface area contributed by atoms with Crippen molar-refractivity contribution in [1.82, 2.24) is 4.57 Å². The second-order valence-electron chi connectivity index (χ2n) is 9.38. The highest BCUT2D eigenvalue weighted by atomic mass is 32.1. The highest BCUT2D eigenvalue weighted by Gasteiger charge is 2.34. The van der Waals surface area contributed by atoms with Crippen molar-refractivity contribution in [3.8, 4) is 11.3 Å². The lowest BCUT2D eigenvalue weighted by Gasteiger charge is -2.24. The number of fused-ring (bicyclic) bond motifs is 1. The number of hydrogen-bond donors (Lipinski definition) is 0. The predicted molar refractivity (Wildman–Crippen MR) is 154 cm³/mol. The van der Waals surface area contributed by atoms with Gasteiger partial charge in [-0.1, -0.05) is 35.6 Å². The summed E-state index contributed by atoms with van der Waals surface area (Å²) < 4.78 is 17.7. The second kappa shape index (κ2) is 11.4. The number of carbonyl (C=O) groups excluding carboxylic acids is 2. The Morgan fingerprint density at radius 1 is 1.14 bits per heavy atom. The Balaban J connectivity index is 1.63. The van der Waals surface area contributed by atoms with Crippen molar-refractivity contribution < 1.29 is 28.4 Å². The van der Waals surface area contributed by atoms with Crippen LogP contribution in [0.15, 0.2) is 80.1 Å². The molecule has 42 heavy (non-hydrogen) atoms. The largest absolute Gasteiger partial charge is 0.465 e. The number of thiazole rings is 1. The summed E-state index contributed by atoms with van der Waals surface area (Å²) in [4.78, 5) is 54.9. The summed E-state index contributed by atoms with van der Waals surface area (Å²) in [5.41, 5.74) is 1.72. The van der Waals surface area contributed by atoms with Crippen LogP contribution < -0.4 is 14.9 Å². The third-order valence-corrected chi connectivity index (χ3v) is 7.71. The molecule has 0 N–H and O–H groups in total. The number of carbonyl (C=O) groups is 2. The van der Waals surface area contributed by atoms with E-state index in [-0.39, 0.29) is 22.4 Å². The lowest BCUT2D eigenvalue weighted by molar-refractivity contribution is -0.385. The third-order valence-electron chi connectivity index (χ3n) is 6.73. The molecule has 0 bridgehead atoms. The molecule has 0 aliphatic carbocycles.